The maximum absolute atomic E-state index is 12.7. The predicted octanol–water partition coefficient (Wildman–Crippen LogP) is 1.92. The quantitative estimate of drug-likeness (QED) is 0.812. The molecule has 1 aromatic carbocycles. The van der Waals surface area contributed by atoms with Crippen LogP contribution in [0.4, 0.5) is 5.69 Å². The number of nitrogens with one attached hydrogen (secondary N) is 1. The lowest BCUT2D eigenvalue weighted by Gasteiger charge is -2.31. The zero-order valence-electron chi connectivity index (χ0n) is 13.8. The van der Waals surface area contributed by atoms with E-state index in [0.717, 1.165) is 0 Å². The van der Waals surface area contributed by atoms with Crippen molar-refractivity contribution < 1.29 is 23.1 Å². The molecule has 0 saturated carbocycles. The van der Waals surface area contributed by atoms with Gasteiger partial charge in [-0.15, -0.1) is 0 Å². The van der Waals surface area contributed by atoms with Crippen LogP contribution < -0.4 is 4.72 Å². The van der Waals surface area contributed by atoms with Crippen LogP contribution in [0.15, 0.2) is 24.3 Å². The fourth-order valence-electron chi connectivity index (χ4n) is 2.88. The molecule has 7 nitrogen and oxygen atoms in total. The number of nitrogens with zero attached hydrogens (tertiary/aromatic N) is 1. The summed E-state index contributed by atoms with van der Waals surface area (Å²) in [6.07, 6.45) is 1.51. The molecule has 1 amide bonds. The first kappa shape index (κ1) is 18.3. The van der Waals surface area contributed by atoms with Crippen LogP contribution >= 0.6 is 0 Å². The van der Waals surface area contributed by atoms with Crippen LogP contribution in [0, 0.1) is 0 Å². The van der Waals surface area contributed by atoms with Crippen LogP contribution in [0.1, 0.15) is 43.5 Å². The standard InChI is InChI=1S/C16H22N2O5S/c1-3-10-24(22,23)17-13-7-4-6-12(11-13)14(19)18-9-5-8-16(18,2)15(20)21/h4,6-7,11,17H,3,5,8-10H2,1-2H3,(H,20,21). The Morgan fingerprint density at radius 1 is 1.38 bits per heavy atom. The number of benzene rings is 1. The third kappa shape index (κ3) is 3.69. The van der Waals surface area contributed by atoms with Gasteiger partial charge in [0.2, 0.25) is 10.0 Å². The minimum Gasteiger partial charge on any atom is -0.480 e. The number of anilines is 1. The fourth-order valence-corrected chi connectivity index (χ4v) is 4.01. The van der Waals surface area contributed by atoms with Gasteiger partial charge in [-0.05, 0) is 44.4 Å². The number of likely N-dealkylation sites (tertiary alicyclic amines) is 1. The van der Waals surface area contributed by atoms with E-state index in [0.29, 0.717) is 31.5 Å². The van der Waals surface area contributed by atoms with Crippen molar-refractivity contribution in [3.8, 4) is 0 Å². The average molecular weight is 354 g/mol. The van der Waals surface area contributed by atoms with E-state index in [1.165, 1.54) is 17.9 Å². The predicted molar refractivity (Wildman–Crippen MR) is 90.5 cm³/mol. The van der Waals surface area contributed by atoms with Gasteiger partial charge in [-0.2, -0.15) is 0 Å². The van der Waals surface area contributed by atoms with E-state index >= 15 is 0 Å². The number of hydrogen-bond donors (Lipinski definition) is 2. The lowest BCUT2D eigenvalue weighted by Crippen LogP contribution is -2.50. The van der Waals surface area contributed by atoms with E-state index in [-0.39, 0.29) is 11.3 Å². The average Bonchev–Trinajstić information content (AvgIpc) is 2.89. The number of hydrogen-bond acceptors (Lipinski definition) is 4. The zero-order chi connectivity index (χ0) is 18.0. The number of carboxylic acid groups (broad SMARTS) is 1. The van der Waals surface area contributed by atoms with Gasteiger partial charge in [0.05, 0.1) is 5.75 Å². The van der Waals surface area contributed by atoms with E-state index < -0.39 is 27.4 Å². The molecule has 1 aliphatic rings. The number of carbonyl (C=O) groups is 2. The van der Waals surface area contributed by atoms with Crippen molar-refractivity contribution >= 4 is 27.6 Å². The Balaban J connectivity index is 2.25. The van der Waals surface area contributed by atoms with Crippen molar-refractivity contribution in [1.82, 2.24) is 4.90 Å². The second-order valence-electron chi connectivity index (χ2n) is 6.14. The normalized spacial score (nSPS) is 20.8. The Kier molecular flexibility index (Phi) is 5.17. The first-order valence-electron chi connectivity index (χ1n) is 7.85. The van der Waals surface area contributed by atoms with Crippen molar-refractivity contribution in [3.63, 3.8) is 0 Å². The van der Waals surface area contributed by atoms with Gasteiger partial charge >= 0.3 is 5.97 Å². The first-order chi connectivity index (χ1) is 11.2. The Morgan fingerprint density at radius 2 is 2.08 bits per heavy atom. The van der Waals surface area contributed by atoms with Gasteiger partial charge in [-0.3, -0.25) is 9.52 Å². The third-order valence-electron chi connectivity index (χ3n) is 4.20. The molecule has 0 radical (unpaired) electrons. The van der Waals surface area contributed by atoms with Gasteiger partial charge in [0, 0.05) is 17.8 Å². The molecule has 24 heavy (non-hydrogen) atoms. The van der Waals surface area contributed by atoms with Crippen molar-refractivity contribution in [2.75, 3.05) is 17.0 Å². The molecule has 0 aliphatic carbocycles. The summed E-state index contributed by atoms with van der Waals surface area (Å²) in [5.74, 6) is -1.45. The Morgan fingerprint density at radius 3 is 2.71 bits per heavy atom. The van der Waals surface area contributed by atoms with Crippen LogP contribution in [-0.2, 0) is 14.8 Å². The molecule has 1 saturated heterocycles. The lowest BCUT2D eigenvalue weighted by atomic mass is 9.98. The minimum absolute atomic E-state index is 0.00557. The second kappa shape index (κ2) is 6.80. The molecule has 1 unspecified atom stereocenters. The highest BCUT2D eigenvalue weighted by Gasteiger charge is 2.46. The van der Waals surface area contributed by atoms with Crippen LogP contribution in [0.3, 0.4) is 0 Å². The summed E-state index contributed by atoms with van der Waals surface area (Å²) in [6.45, 7) is 3.67. The smallest absolute Gasteiger partial charge is 0.329 e. The molecular weight excluding hydrogens is 332 g/mol. The van der Waals surface area contributed by atoms with E-state index in [4.69, 9.17) is 0 Å². The first-order valence-corrected chi connectivity index (χ1v) is 9.51. The van der Waals surface area contributed by atoms with Crippen molar-refractivity contribution in [2.24, 2.45) is 0 Å². The summed E-state index contributed by atoms with van der Waals surface area (Å²) in [7, 11) is -3.45. The number of aliphatic carboxylic acids is 1. The van der Waals surface area contributed by atoms with E-state index in [1.54, 1.807) is 25.1 Å². The summed E-state index contributed by atoms with van der Waals surface area (Å²) in [4.78, 5) is 25.5. The van der Waals surface area contributed by atoms with Crippen LogP contribution in [-0.4, -0.2) is 48.1 Å². The van der Waals surface area contributed by atoms with Crippen molar-refractivity contribution in [3.05, 3.63) is 29.8 Å². The highest BCUT2D eigenvalue weighted by Crippen LogP contribution is 2.31. The number of carboxylic acids is 1. The Bertz CT molecular complexity index is 747. The van der Waals surface area contributed by atoms with Gasteiger partial charge in [0.1, 0.15) is 5.54 Å². The number of amides is 1. The molecule has 132 valence electrons. The summed E-state index contributed by atoms with van der Waals surface area (Å²) < 4.78 is 26.1. The van der Waals surface area contributed by atoms with Crippen molar-refractivity contribution in [2.45, 2.75) is 38.6 Å². The number of rotatable bonds is 6. The van der Waals surface area contributed by atoms with Gasteiger partial charge in [0.25, 0.3) is 5.91 Å². The molecule has 1 fully saturated rings. The monoisotopic (exact) mass is 354 g/mol. The second-order valence-corrected chi connectivity index (χ2v) is 7.98. The van der Waals surface area contributed by atoms with Gasteiger partial charge < -0.3 is 10.0 Å². The molecule has 1 atom stereocenters. The van der Waals surface area contributed by atoms with Crippen LogP contribution in [0.5, 0.6) is 0 Å². The van der Waals surface area contributed by atoms with Gasteiger partial charge in [0.15, 0.2) is 0 Å². The third-order valence-corrected chi connectivity index (χ3v) is 5.70. The largest absolute Gasteiger partial charge is 0.480 e. The van der Waals surface area contributed by atoms with Crippen LogP contribution in [0.25, 0.3) is 0 Å². The van der Waals surface area contributed by atoms with Crippen molar-refractivity contribution in [1.29, 1.82) is 0 Å². The highest BCUT2D eigenvalue weighted by atomic mass is 32.2. The van der Waals surface area contributed by atoms with Gasteiger partial charge in [-0.1, -0.05) is 13.0 Å². The molecule has 2 rings (SSSR count). The zero-order valence-corrected chi connectivity index (χ0v) is 14.6. The fraction of sp³-hybridized carbons (Fsp3) is 0.500. The summed E-state index contributed by atoms with van der Waals surface area (Å²) >= 11 is 0. The minimum atomic E-state index is -3.45. The van der Waals surface area contributed by atoms with Crippen LogP contribution in [0.2, 0.25) is 0 Å². The number of sulfonamides is 1. The SMILES string of the molecule is CCCS(=O)(=O)Nc1cccc(C(=O)N2CCCC2(C)C(=O)O)c1. The summed E-state index contributed by atoms with van der Waals surface area (Å²) in [5.41, 5.74) is -0.666. The maximum atomic E-state index is 12.7. The molecule has 1 aliphatic heterocycles. The Labute approximate surface area is 141 Å². The highest BCUT2D eigenvalue weighted by molar-refractivity contribution is 7.92. The summed E-state index contributed by atoms with van der Waals surface area (Å²) in [5, 5.41) is 9.42. The summed E-state index contributed by atoms with van der Waals surface area (Å²) in [6, 6.07) is 6.13. The number of carbonyl (C=O) groups excluding carboxylic acids is 1. The lowest BCUT2D eigenvalue weighted by molar-refractivity contribution is -0.147. The molecule has 0 aromatic heterocycles. The molecular formula is C16H22N2O5S. The van der Waals surface area contributed by atoms with E-state index in [1.807, 2.05) is 0 Å². The van der Waals surface area contributed by atoms with Gasteiger partial charge in [-0.25, -0.2) is 13.2 Å². The maximum Gasteiger partial charge on any atom is 0.329 e. The van der Waals surface area contributed by atoms with E-state index in [9.17, 15) is 23.1 Å². The van der Waals surface area contributed by atoms with E-state index in [2.05, 4.69) is 4.72 Å². The molecule has 1 aromatic rings. The molecule has 0 bridgehead atoms. The Hall–Kier alpha value is -2.09. The molecule has 2 N–H and O–H groups in total. The molecule has 1 heterocycles. The molecule has 0 spiro atoms. The molecule has 8 heteroatoms. The topological polar surface area (TPSA) is 104 Å².